The summed E-state index contributed by atoms with van der Waals surface area (Å²) in [6.45, 7) is 6.06. The SMILES string of the molecule is CC(C)(C)C(=O)Nc1ccc(N2CCCCS2(=O)=O)cc1. The van der Waals surface area contributed by atoms with Crippen LogP contribution in [0, 0.1) is 5.41 Å². The molecule has 1 heterocycles. The minimum atomic E-state index is -3.19. The van der Waals surface area contributed by atoms with Gasteiger partial charge in [0.2, 0.25) is 15.9 Å². The fraction of sp³-hybridized carbons (Fsp3) is 0.533. The minimum Gasteiger partial charge on any atom is -0.326 e. The molecular formula is C15H22N2O3S. The van der Waals surface area contributed by atoms with E-state index in [0.29, 0.717) is 17.9 Å². The van der Waals surface area contributed by atoms with Crippen molar-refractivity contribution < 1.29 is 13.2 Å². The van der Waals surface area contributed by atoms with Crippen LogP contribution >= 0.6 is 0 Å². The van der Waals surface area contributed by atoms with Crippen LogP contribution in [0.5, 0.6) is 0 Å². The molecule has 1 fully saturated rings. The third-order valence-electron chi connectivity index (χ3n) is 3.44. The molecule has 1 saturated heterocycles. The highest BCUT2D eigenvalue weighted by atomic mass is 32.2. The number of hydrogen-bond donors (Lipinski definition) is 1. The molecule has 0 radical (unpaired) electrons. The van der Waals surface area contributed by atoms with E-state index in [4.69, 9.17) is 0 Å². The molecule has 1 aliphatic heterocycles. The Bertz CT molecular complexity index is 615. The van der Waals surface area contributed by atoms with Crippen LogP contribution in [-0.2, 0) is 14.8 Å². The summed E-state index contributed by atoms with van der Waals surface area (Å²) < 4.78 is 25.5. The third kappa shape index (κ3) is 3.75. The zero-order chi connectivity index (χ0) is 15.7. The summed E-state index contributed by atoms with van der Waals surface area (Å²) in [5, 5.41) is 2.83. The van der Waals surface area contributed by atoms with Gasteiger partial charge in [0, 0.05) is 17.6 Å². The molecule has 5 nitrogen and oxygen atoms in total. The number of nitrogens with zero attached hydrogens (tertiary/aromatic N) is 1. The lowest BCUT2D eigenvalue weighted by atomic mass is 9.95. The molecule has 1 aromatic carbocycles. The average Bonchev–Trinajstić information content (AvgIpc) is 2.38. The van der Waals surface area contributed by atoms with Crippen molar-refractivity contribution in [1.82, 2.24) is 0 Å². The molecule has 0 saturated carbocycles. The first kappa shape index (κ1) is 15.8. The standard InChI is InChI=1S/C15H22N2O3S/c1-15(2,3)14(18)16-12-6-8-13(9-7-12)17-10-4-5-11-21(17,19)20/h6-9H,4-5,10-11H2,1-3H3,(H,16,18). The molecule has 1 aliphatic rings. The number of carbonyl (C=O) groups excluding carboxylic acids is 1. The van der Waals surface area contributed by atoms with Crippen molar-refractivity contribution in [3.8, 4) is 0 Å². The normalized spacial score (nSPS) is 18.3. The van der Waals surface area contributed by atoms with Crippen molar-refractivity contribution in [2.24, 2.45) is 5.41 Å². The number of benzene rings is 1. The number of anilines is 2. The van der Waals surface area contributed by atoms with Gasteiger partial charge in [-0.2, -0.15) is 0 Å². The first-order valence-corrected chi connectivity index (χ1v) is 8.73. The van der Waals surface area contributed by atoms with Crippen molar-refractivity contribution >= 4 is 27.3 Å². The molecule has 0 aliphatic carbocycles. The zero-order valence-electron chi connectivity index (χ0n) is 12.7. The summed E-state index contributed by atoms with van der Waals surface area (Å²) in [4.78, 5) is 11.9. The molecule has 0 atom stereocenters. The van der Waals surface area contributed by atoms with Gasteiger partial charge >= 0.3 is 0 Å². The predicted octanol–water partition coefficient (Wildman–Crippen LogP) is 2.60. The Kier molecular flexibility index (Phi) is 4.27. The maximum atomic E-state index is 12.0. The van der Waals surface area contributed by atoms with Crippen molar-refractivity contribution in [2.45, 2.75) is 33.6 Å². The van der Waals surface area contributed by atoms with E-state index in [1.807, 2.05) is 20.8 Å². The van der Waals surface area contributed by atoms with Crippen molar-refractivity contribution in [2.75, 3.05) is 21.9 Å². The van der Waals surface area contributed by atoms with Gasteiger partial charge in [-0.15, -0.1) is 0 Å². The minimum absolute atomic E-state index is 0.0687. The second-order valence-corrected chi connectivity index (χ2v) is 8.36. The Hall–Kier alpha value is -1.56. The first-order chi connectivity index (χ1) is 9.70. The van der Waals surface area contributed by atoms with E-state index in [1.165, 1.54) is 4.31 Å². The first-order valence-electron chi connectivity index (χ1n) is 7.12. The second-order valence-electron chi connectivity index (χ2n) is 6.35. The zero-order valence-corrected chi connectivity index (χ0v) is 13.5. The lowest BCUT2D eigenvalue weighted by molar-refractivity contribution is -0.123. The number of amides is 1. The molecule has 116 valence electrons. The summed E-state index contributed by atoms with van der Waals surface area (Å²) in [5.41, 5.74) is 0.867. The molecule has 0 spiro atoms. The van der Waals surface area contributed by atoms with Gasteiger partial charge in [0.25, 0.3) is 0 Å². The Balaban J connectivity index is 2.14. The van der Waals surface area contributed by atoms with Crippen molar-refractivity contribution in [3.05, 3.63) is 24.3 Å². The molecule has 0 aromatic heterocycles. The van der Waals surface area contributed by atoms with Gasteiger partial charge in [0.1, 0.15) is 0 Å². The average molecular weight is 310 g/mol. The third-order valence-corrected chi connectivity index (χ3v) is 5.31. The van der Waals surface area contributed by atoms with Crippen LogP contribution in [0.3, 0.4) is 0 Å². The highest BCUT2D eigenvalue weighted by Crippen LogP contribution is 2.25. The van der Waals surface area contributed by atoms with Gasteiger partial charge in [0.05, 0.1) is 11.4 Å². The predicted molar refractivity (Wildman–Crippen MR) is 84.9 cm³/mol. The molecule has 0 bridgehead atoms. The molecule has 1 N–H and O–H groups in total. The summed E-state index contributed by atoms with van der Waals surface area (Å²) in [6, 6.07) is 6.95. The molecule has 1 aromatic rings. The van der Waals surface area contributed by atoms with Gasteiger partial charge in [-0.1, -0.05) is 20.8 Å². The molecular weight excluding hydrogens is 288 g/mol. The molecule has 2 rings (SSSR count). The maximum Gasteiger partial charge on any atom is 0.235 e. The van der Waals surface area contributed by atoms with Gasteiger partial charge in [0.15, 0.2) is 0 Å². The van der Waals surface area contributed by atoms with Gasteiger partial charge in [-0.3, -0.25) is 9.10 Å². The Morgan fingerprint density at radius 1 is 1.14 bits per heavy atom. The van der Waals surface area contributed by atoms with E-state index >= 15 is 0 Å². The van der Waals surface area contributed by atoms with E-state index in [0.717, 1.165) is 12.8 Å². The van der Waals surface area contributed by atoms with E-state index in [9.17, 15) is 13.2 Å². The monoisotopic (exact) mass is 310 g/mol. The number of nitrogens with one attached hydrogen (secondary N) is 1. The molecule has 1 amide bonds. The van der Waals surface area contributed by atoms with Crippen LogP contribution in [-0.4, -0.2) is 26.6 Å². The quantitative estimate of drug-likeness (QED) is 0.913. The van der Waals surface area contributed by atoms with Crippen LogP contribution in [0.4, 0.5) is 11.4 Å². The van der Waals surface area contributed by atoms with Crippen LogP contribution in [0.1, 0.15) is 33.6 Å². The maximum absolute atomic E-state index is 12.0. The van der Waals surface area contributed by atoms with E-state index in [1.54, 1.807) is 24.3 Å². The van der Waals surface area contributed by atoms with Crippen LogP contribution < -0.4 is 9.62 Å². The lowest BCUT2D eigenvalue weighted by Gasteiger charge is -2.28. The summed E-state index contributed by atoms with van der Waals surface area (Å²) in [7, 11) is -3.19. The van der Waals surface area contributed by atoms with Gasteiger partial charge in [-0.25, -0.2) is 8.42 Å². The topological polar surface area (TPSA) is 66.5 Å². The van der Waals surface area contributed by atoms with Gasteiger partial charge in [-0.05, 0) is 37.1 Å². The smallest absolute Gasteiger partial charge is 0.235 e. The van der Waals surface area contributed by atoms with E-state index < -0.39 is 15.4 Å². The Morgan fingerprint density at radius 3 is 2.29 bits per heavy atom. The second kappa shape index (κ2) is 5.67. The summed E-state index contributed by atoms with van der Waals surface area (Å²) in [6.07, 6.45) is 1.60. The lowest BCUT2D eigenvalue weighted by Crippen LogP contribution is -2.37. The van der Waals surface area contributed by atoms with E-state index in [2.05, 4.69) is 5.32 Å². The van der Waals surface area contributed by atoms with E-state index in [-0.39, 0.29) is 11.7 Å². The fourth-order valence-electron chi connectivity index (χ4n) is 2.11. The van der Waals surface area contributed by atoms with Crippen LogP contribution in [0.15, 0.2) is 24.3 Å². The Morgan fingerprint density at radius 2 is 1.76 bits per heavy atom. The highest BCUT2D eigenvalue weighted by molar-refractivity contribution is 7.92. The summed E-state index contributed by atoms with van der Waals surface area (Å²) in [5.74, 6) is 0.135. The highest BCUT2D eigenvalue weighted by Gasteiger charge is 2.26. The number of hydrogen-bond acceptors (Lipinski definition) is 3. The number of rotatable bonds is 2. The van der Waals surface area contributed by atoms with Crippen LogP contribution in [0.2, 0.25) is 0 Å². The largest absolute Gasteiger partial charge is 0.326 e. The summed E-state index contributed by atoms with van der Waals surface area (Å²) >= 11 is 0. The van der Waals surface area contributed by atoms with Crippen molar-refractivity contribution in [3.63, 3.8) is 0 Å². The molecule has 0 unspecified atom stereocenters. The fourth-order valence-corrected chi connectivity index (χ4v) is 3.75. The number of sulfonamides is 1. The Labute approximate surface area is 126 Å². The van der Waals surface area contributed by atoms with Crippen LogP contribution in [0.25, 0.3) is 0 Å². The molecule has 21 heavy (non-hydrogen) atoms. The van der Waals surface area contributed by atoms with Gasteiger partial charge < -0.3 is 5.32 Å². The number of carbonyl (C=O) groups is 1. The molecule has 6 heteroatoms. The van der Waals surface area contributed by atoms with Crippen molar-refractivity contribution in [1.29, 1.82) is 0 Å².